The normalized spacial score (nSPS) is 38.5. The minimum atomic E-state index is 0.0507. The summed E-state index contributed by atoms with van der Waals surface area (Å²) in [6, 6.07) is 8.13. The topological polar surface area (TPSA) is 30.7 Å². The van der Waals surface area contributed by atoms with E-state index in [-0.39, 0.29) is 23.4 Å². The summed E-state index contributed by atoms with van der Waals surface area (Å²) in [4.78, 5) is 14.3. The van der Waals surface area contributed by atoms with Crippen molar-refractivity contribution in [2.24, 2.45) is 23.2 Å². The molecule has 160 valence electrons. The van der Waals surface area contributed by atoms with Crippen LogP contribution in [0.25, 0.3) is 5.57 Å². The second-order valence-electron chi connectivity index (χ2n) is 10.3. The van der Waals surface area contributed by atoms with Gasteiger partial charge >= 0.3 is 5.97 Å². The van der Waals surface area contributed by atoms with Crippen LogP contribution in [-0.2, 0) is 9.53 Å². The zero-order chi connectivity index (χ0) is 20.9. The molecule has 30 heavy (non-hydrogen) atoms. The van der Waals surface area contributed by atoms with Crippen LogP contribution in [0.4, 0.5) is 0 Å². The standard InChI is InChI=1S/C26H32ClNO2/c1-17-4-3-11-26(2)15-24-21(14-23(17)26)22(25(29)30-24)16-28-12-9-19(10-13-28)18-5-7-20(27)8-6-18/h5-9,21-24H,1,3-4,10-16H2,2H3/p+1/t21-,22+,23+,24-,26-/m1/s1. The van der Waals surface area contributed by atoms with E-state index in [1.54, 1.807) is 0 Å². The molecule has 0 aromatic heterocycles. The molecule has 1 aromatic rings. The Kier molecular flexibility index (Phi) is 5.31. The third-order valence-electron chi connectivity index (χ3n) is 8.43. The maximum Gasteiger partial charge on any atom is 0.315 e. The smallest absolute Gasteiger partial charge is 0.315 e. The predicted octanol–water partition coefficient (Wildman–Crippen LogP) is 4.33. The first-order valence-corrected chi connectivity index (χ1v) is 12.0. The highest BCUT2D eigenvalue weighted by Crippen LogP contribution is 2.56. The fourth-order valence-electron chi connectivity index (χ4n) is 6.70. The maximum absolute atomic E-state index is 12.8. The van der Waals surface area contributed by atoms with Crippen LogP contribution in [0, 0.1) is 23.2 Å². The van der Waals surface area contributed by atoms with Crippen LogP contribution in [0.1, 0.15) is 51.0 Å². The van der Waals surface area contributed by atoms with Crippen LogP contribution < -0.4 is 4.90 Å². The molecule has 3 fully saturated rings. The summed E-state index contributed by atoms with van der Waals surface area (Å²) >= 11 is 6.03. The van der Waals surface area contributed by atoms with Crippen molar-refractivity contribution < 1.29 is 14.4 Å². The Labute approximate surface area is 185 Å². The molecular weight excluding hydrogens is 394 g/mol. The van der Waals surface area contributed by atoms with Gasteiger partial charge in [0.05, 0.1) is 19.6 Å². The molecule has 0 bridgehead atoms. The summed E-state index contributed by atoms with van der Waals surface area (Å²) in [5.41, 5.74) is 4.36. The van der Waals surface area contributed by atoms with E-state index in [2.05, 4.69) is 31.7 Å². The molecular formula is C26H33ClNO2+. The molecule has 6 atom stereocenters. The Morgan fingerprint density at radius 3 is 2.80 bits per heavy atom. The highest BCUT2D eigenvalue weighted by molar-refractivity contribution is 6.30. The van der Waals surface area contributed by atoms with Crippen molar-refractivity contribution in [1.82, 2.24) is 0 Å². The number of hydrogen-bond donors (Lipinski definition) is 1. The summed E-state index contributed by atoms with van der Waals surface area (Å²) in [6.07, 6.45) is 9.28. The molecule has 1 N–H and O–H groups in total. The lowest BCUT2D eigenvalue weighted by Gasteiger charge is -2.50. The molecule has 2 aliphatic heterocycles. The van der Waals surface area contributed by atoms with Gasteiger partial charge in [-0.3, -0.25) is 4.79 Å². The van der Waals surface area contributed by atoms with Gasteiger partial charge in [-0.1, -0.05) is 42.8 Å². The second kappa shape index (κ2) is 7.84. The summed E-state index contributed by atoms with van der Waals surface area (Å²) in [5.74, 6) is 1.05. The lowest BCUT2D eigenvalue weighted by atomic mass is 9.55. The molecule has 0 spiro atoms. The average molecular weight is 427 g/mol. The molecule has 0 radical (unpaired) electrons. The Morgan fingerprint density at radius 2 is 2.07 bits per heavy atom. The number of nitrogens with one attached hydrogen (secondary N) is 1. The van der Waals surface area contributed by atoms with Crippen molar-refractivity contribution in [1.29, 1.82) is 0 Å². The predicted molar refractivity (Wildman–Crippen MR) is 120 cm³/mol. The Balaban J connectivity index is 1.26. The van der Waals surface area contributed by atoms with Gasteiger partial charge in [-0.2, -0.15) is 0 Å². The molecule has 0 amide bonds. The minimum Gasteiger partial charge on any atom is -0.462 e. The number of halogens is 1. The second-order valence-corrected chi connectivity index (χ2v) is 10.7. The van der Waals surface area contributed by atoms with Gasteiger partial charge in [0, 0.05) is 17.4 Å². The Hall–Kier alpha value is -1.58. The van der Waals surface area contributed by atoms with Crippen molar-refractivity contribution in [3.63, 3.8) is 0 Å². The third kappa shape index (κ3) is 3.65. The van der Waals surface area contributed by atoms with Gasteiger partial charge in [-0.05, 0) is 72.8 Å². The quantitative estimate of drug-likeness (QED) is 0.576. The molecule has 1 saturated heterocycles. The van der Waals surface area contributed by atoms with E-state index < -0.39 is 0 Å². The fraction of sp³-hybridized carbons (Fsp3) is 0.577. The molecule has 2 aliphatic carbocycles. The summed E-state index contributed by atoms with van der Waals surface area (Å²) < 4.78 is 5.96. The Morgan fingerprint density at radius 1 is 1.27 bits per heavy atom. The van der Waals surface area contributed by atoms with Crippen molar-refractivity contribution in [3.05, 3.63) is 53.1 Å². The van der Waals surface area contributed by atoms with E-state index in [4.69, 9.17) is 16.3 Å². The van der Waals surface area contributed by atoms with Crippen molar-refractivity contribution in [2.45, 2.75) is 51.6 Å². The lowest BCUT2D eigenvalue weighted by Crippen LogP contribution is -3.13. The van der Waals surface area contributed by atoms with Gasteiger partial charge in [0.1, 0.15) is 12.0 Å². The van der Waals surface area contributed by atoms with Gasteiger partial charge in [-0.15, -0.1) is 0 Å². The SMILES string of the molecule is C=C1CCC[C@]2(C)C[C@H]3OC(=O)[C@@H](C[NH+]4CC=C(c5ccc(Cl)cc5)CC4)[C@H]3C[C@@H]12. The van der Waals surface area contributed by atoms with Crippen molar-refractivity contribution in [3.8, 4) is 0 Å². The van der Waals surface area contributed by atoms with Gasteiger partial charge in [0.25, 0.3) is 0 Å². The van der Waals surface area contributed by atoms with Crippen LogP contribution in [-0.4, -0.2) is 31.7 Å². The number of carbonyl (C=O) groups is 1. The van der Waals surface area contributed by atoms with Crippen LogP contribution in [0.5, 0.6) is 0 Å². The first-order valence-electron chi connectivity index (χ1n) is 11.6. The zero-order valence-corrected chi connectivity index (χ0v) is 18.7. The van der Waals surface area contributed by atoms with E-state index in [1.807, 2.05) is 12.1 Å². The largest absolute Gasteiger partial charge is 0.462 e. The maximum atomic E-state index is 12.8. The van der Waals surface area contributed by atoms with Gasteiger partial charge in [0.2, 0.25) is 0 Å². The molecule has 4 heteroatoms. The lowest BCUT2D eigenvalue weighted by molar-refractivity contribution is -0.897. The number of benzene rings is 1. The number of hydrogen-bond acceptors (Lipinski definition) is 2. The van der Waals surface area contributed by atoms with E-state index in [1.165, 1.54) is 34.5 Å². The number of quaternary nitrogens is 1. The zero-order valence-electron chi connectivity index (χ0n) is 18.0. The number of allylic oxidation sites excluding steroid dienone is 1. The van der Waals surface area contributed by atoms with Crippen LogP contribution in [0.15, 0.2) is 42.5 Å². The number of ether oxygens (including phenoxy) is 1. The first-order chi connectivity index (χ1) is 14.4. The van der Waals surface area contributed by atoms with Crippen LogP contribution in [0.2, 0.25) is 5.02 Å². The minimum absolute atomic E-state index is 0.0507. The van der Waals surface area contributed by atoms with Gasteiger partial charge < -0.3 is 9.64 Å². The van der Waals surface area contributed by atoms with E-state index in [0.717, 1.165) is 50.3 Å². The third-order valence-corrected chi connectivity index (χ3v) is 8.68. The summed E-state index contributed by atoms with van der Waals surface area (Å²) in [6.45, 7) is 9.77. The first kappa shape index (κ1) is 20.3. The highest BCUT2D eigenvalue weighted by atomic mass is 35.5. The van der Waals surface area contributed by atoms with Gasteiger partial charge in [-0.25, -0.2) is 0 Å². The number of esters is 1. The van der Waals surface area contributed by atoms with E-state index >= 15 is 0 Å². The molecule has 1 aromatic carbocycles. The van der Waals surface area contributed by atoms with E-state index in [9.17, 15) is 4.79 Å². The molecule has 2 saturated carbocycles. The summed E-state index contributed by atoms with van der Waals surface area (Å²) in [5, 5.41) is 0.779. The molecule has 2 heterocycles. The molecule has 3 nitrogen and oxygen atoms in total. The molecule has 5 rings (SSSR count). The number of carbonyl (C=O) groups excluding carboxylic acids is 1. The fourth-order valence-corrected chi connectivity index (χ4v) is 6.82. The molecule has 1 unspecified atom stereocenters. The highest BCUT2D eigenvalue weighted by Gasteiger charge is 2.56. The van der Waals surface area contributed by atoms with Crippen molar-refractivity contribution in [2.75, 3.05) is 19.6 Å². The number of fused-ring (bicyclic) bond motifs is 2. The summed E-state index contributed by atoms with van der Waals surface area (Å²) in [7, 11) is 0. The molecule has 4 aliphatic rings. The monoisotopic (exact) mass is 426 g/mol. The number of rotatable bonds is 3. The van der Waals surface area contributed by atoms with Crippen LogP contribution >= 0.6 is 11.6 Å². The van der Waals surface area contributed by atoms with Crippen LogP contribution in [0.3, 0.4) is 0 Å². The van der Waals surface area contributed by atoms with E-state index in [0.29, 0.717) is 11.8 Å². The van der Waals surface area contributed by atoms with Gasteiger partial charge in [0.15, 0.2) is 0 Å². The van der Waals surface area contributed by atoms with Crippen molar-refractivity contribution >= 4 is 23.1 Å². The Bertz CT molecular complexity index is 876. The average Bonchev–Trinajstić information content (AvgIpc) is 3.01.